The lowest BCUT2D eigenvalue weighted by Crippen LogP contribution is -2.62. The normalized spacial score (nSPS) is 29.1. The maximum Gasteiger partial charge on any atom is 0.251 e. The van der Waals surface area contributed by atoms with Gasteiger partial charge in [0.2, 0.25) is 0 Å². The lowest BCUT2D eigenvalue weighted by molar-refractivity contribution is -0.0840. The summed E-state index contributed by atoms with van der Waals surface area (Å²) in [4.78, 5) is 18.3. The lowest BCUT2D eigenvalue weighted by Gasteiger charge is -2.47. The minimum atomic E-state index is -0.184. The molecule has 4 aliphatic heterocycles. The number of hydrogen-bond donors (Lipinski definition) is 3. The molecular formula is C31H39N5O4. The highest BCUT2D eigenvalue weighted by molar-refractivity contribution is 6.01. The smallest absolute Gasteiger partial charge is 0.251 e. The van der Waals surface area contributed by atoms with Crippen molar-refractivity contribution in [2.24, 2.45) is 0 Å². The van der Waals surface area contributed by atoms with Gasteiger partial charge < -0.3 is 24.8 Å². The molecule has 7 rings (SSSR count). The highest BCUT2D eigenvalue weighted by Crippen LogP contribution is 2.40. The molecule has 1 amide bonds. The van der Waals surface area contributed by atoms with Crippen molar-refractivity contribution in [2.45, 2.75) is 62.3 Å². The first-order chi connectivity index (χ1) is 19.6. The molecule has 40 heavy (non-hydrogen) atoms. The fourth-order valence-electron chi connectivity index (χ4n) is 7.46. The third kappa shape index (κ3) is 4.79. The number of morpholine rings is 1. The Balaban J connectivity index is 1.09. The molecule has 4 saturated heterocycles. The number of nitrogens with one attached hydrogen (secondary N) is 2. The summed E-state index contributed by atoms with van der Waals surface area (Å²) < 4.78 is 11.5. The Morgan fingerprint density at radius 2 is 1.82 bits per heavy atom. The van der Waals surface area contributed by atoms with Gasteiger partial charge in [0, 0.05) is 60.5 Å². The van der Waals surface area contributed by atoms with Crippen LogP contribution in [0.1, 0.15) is 48.9 Å². The third-order valence-electron chi connectivity index (χ3n) is 9.53. The van der Waals surface area contributed by atoms with Gasteiger partial charge in [-0.15, -0.1) is 0 Å². The molecule has 0 spiro atoms. The molecule has 9 nitrogen and oxygen atoms in total. The molecule has 0 aliphatic carbocycles. The molecule has 4 aliphatic rings. The topological polar surface area (TPSA) is 103 Å². The van der Waals surface area contributed by atoms with Gasteiger partial charge in [-0.2, -0.15) is 5.10 Å². The van der Waals surface area contributed by atoms with Crippen molar-refractivity contribution in [3.05, 3.63) is 48.0 Å². The van der Waals surface area contributed by atoms with Gasteiger partial charge in [0.25, 0.3) is 5.91 Å². The highest BCUT2D eigenvalue weighted by atomic mass is 16.5. The predicted octanol–water partition coefficient (Wildman–Crippen LogP) is 3.33. The maximum absolute atomic E-state index is 13.4. The van der Waals surface area contributed by atoms with E-state index in [9.17, 15) is 9.90 Å². The first-order valence-electron chi connectivity index (χ1n) is 14.8. The van der Waals surface area contributed by atoms with Gasteiger partial charge >= 0.3 is 0 Å². The first-order valence-corrected chi connectivity index (χ1v) is 14.8. The van der Waals surface area contributed by atoms with Crippen LogP contribution in [0, 0.1) is 0 Å². The molecule has 0 radical (unpaired) electrons. The van der Waals surface area contributed by atoms with E-state index in [2.05, 4.69) is 49.6 Å². The molecule has 4 atom stereocenters. The predicted molar refractivity (Wildman–Crippen MR) is 154 cm³/mol. The molecule has 1 unspecified atom stereocenters. The standard InChI is InChI=1S/C31H39N5O4/c37-26-17-24-7-8-25(18-26)36(24)23-5-2-21(3-6-23)29-27-16-22(4-9-28(27)33-34-29)30(38)32-19-31(10-1-13-40-20-31)35-11-14-39-15-12-35/h2-6,9,16,24-26,37H,1,7-8,10-15,17-20H2,(H,32,38)(H,33,34)/t24-,25+,26-,31?. The van der Waals surface area contributed by atoms with E-state index in [1.165, 1.54) is 5.69 Å². The summed E-state index contributed by atoms with van der Waals surface area (Å²) in [6.07, 6.45) is 5.85. The van der Waals surface area contributed by atoms with Gasteiger partial charge in [-0.1, -0.05) is 12.1 Å². The van der Waals surface area contributed by atoms with Crippen molar-refractivity contribution in [2.75, 3.05) is 51.0 Å². The largest absolute Gasteiger partial charge is 0.393 e. The zero-order valence-electron chi connectivity index (χ0n) is 23.0. The van der Waals surface area contributed by atoms with E-state index in [4.69, 9.17) is 9.47 Å². The monoisotopic (exact) mass is 545 g/mol. The molecule has 3 aromatic rings. The third-order valence-corrected chi connectivity index (χ3v) is 9.53. The SMILES string of the molecule is O=C(NCC1(N2CCOCC2)CCCOC1)c1ccc2[nH]nc(-c3ccc(N4[C@@H]5CC[C@H]4C[C@H](O)C5)cc3)c2c1. The molecule has 2 aromatic carbocycles. The second-order valence-electron chi connectivity index (χ2n) is 12.0. The Morgan fingerprint density at radius 1 is 1.05 bits per heavy atom. The second-order valence-corrected chi connectivity index (χ2v) is 12.0. The van der Waals surface area contributed by atoms with Crippen LogP contribution in [0.2, 0.25) is 0 Å². The number of benzene rings is 2. The molecule has 5 heterocycles. The number of H-pyrrole nitrogens is 1. The summed E-state index contributed by atoms with van der Waals surface area (Å²) in [6.45, 7) is 5.14. The quantitative estimate of drug-likeness (QED) is 0.437. The first kappa shape index (κ1) is 26.0. The lowest BCUT2D eigenvalue weighted by atomic mass is 9.89. The average Bonchev–Trinajstić information content (AvgIpc) is 3.55. The number of carbonyl (C=O) groups excluding carboxylic acids is 1. The number of aromatic amines is 1. The summed E-state index contributed by atoms with van der Waals surface area (Å²) in [5.74, 6) is -0.0784. The number of aliphatic hydroxyl groups is 1. The second kappa shape index (κ2) is 10.8. The van der Waals surface area contributed by atoms with Crippen LogP contribution in [0.4, 0.5) is 5.69 Å². The van der Waals surface area contributed by atoms with Crippen LogP contribution in [0.5, 0.6) is 0 Å². The number of aliphatic hydroxyl groups excluding tert-OH is 1. The zero-order valence-corrected chi connectivity index (χ0v) is 23.0. The Morgan fingerprint density at radius 3 is 2.55 bits per heavy atom. The van der Waals surface area contributed by atoms with Crippen LogP contribution in [0.25, 0.3) is 22.2 Å². The molecule has 2 bridgehead atoms. The molecule has 212 valence electrons. The summed E-state index contributed by atoms with van der Waals surface area (Å²) in [7, 11) is 0. The molecule has 1 aromatic heterocycles. The fraction of sp³-hybridized carbons (Fsp3) is 0.548. The average molecular weight is 546 g/mol. The van der Waals surface area contributed by atoms with Crippen LogP contribution < -0.4 is 10.2 Å². The van der Waals surface area contributed by atoms with E-state index in [0.29, 0.717) is 30.8 Å². The van der Waals surface area contributed by atoms with Crippen LogP contribution in [-0.4, -0.2) is 95.9 Å². The number of fused-ring (bicyclic) bond motifs is 3. The van der Waals surface area contributed by atoms with Crippen molar-refractivity contribution in [3.63, 3.8) is 0 Å². The highest BCUT2D eigenvalue weighted by Gasteiger charge is 2.41. The summed E-state index contributed by atoms with van der Waals surface area (Å²) in [5, 5.41) is 22.1. The van der Waals surface area contributed by atoms with Crippen molar-refractivity contribution in [3.8, 4) is 11.3 Å². The maximum atomic E-state index is 13.4. The van der Waals surface area contributed by atoms with Crippen LogP contribution in [0.3, 0.4) is 0 Å². The molecule has 9 heteroatoms. The number of piperidine rings is 1. The molecule has 3 N–H and O–H groups in total. The van der Waals surface area contributed by atoms with Crippen molar-refractivity contribution in [1.82, 2.24) is 20.4 Å². The molecule has 0 saturated carbocycles. The Hall–Kier alpha value is -2.98. The number of anilines is 1. The van der Waals surface area contributed by atoms with E-state index in [1.54, 1.807) is 0 Å². The zero-order chi connectivity index (χ0) is 27.1. The number of aromatic nitrogens is 2. The number of amides is 1. The number of nitrogens with zero attached hydrogens (tertiary/aromatic N) is 3. The number of rotatable bonds is 6. The Labute approximate surface area is 234 Å². The summed E-state index contributed by atoms with van der Waals surface area (Å²) in [5.41, 5.74) is 4.43. The van der Waals surface area contributed by atoms with Gasteiger partial charge in [-0.3, -0.25) is 14.8 Å². The minimum absolute atomic E-state index is 0.0784. The molecular weight excluding hydrogens is 506 g/mol. The van der Waals surface area contributed by atoms with Gasteiger partial charge in [0.15, 0.2) is 0 Å². The Bertz CT molecular complexity index is 1330. The fourth-order valence-corrected chi connectivity index (χ4v) is 7.46. The number of hydrogen-bond acceptors (Lipinski definition) is 7. The van der Waals surface area contributed by atoms with Crippen molar-refractivity contribution in [1.29, 1.82) is 0 Å². The van der Waals surface area contributed by atoms with Crippen LogP contribution in [-0.2, 0) is 9.47 Å². The van der Waals surface area contributed by atoms with Crippen molar-refractivity contribution < 1.29 is 19.4 Å². The summed E-state index contributed by atoms with van der Waals surface area (Å²) in [6, 6.07) is 15.2. The minimum Gasteiger partial charge on any atom is -0.393 e. The Kier molecular flexibility index (Phi) is 6.99. The van der Waals surface area contributed by atoms with Crippen LogP contribution in [0.15, 0.2) is 42.5 Å². The number of carbonyl (C=O) groups is 1. The van der Waals surface area contributed by atoms with Crippen molar-refractivity contribution >= 4 is 22.5 Å². The van der Waals surface area contributed by atoms with Gasteiger partial charge in [-0.25, -0.2) is 0 Å². The van der Waals surface area contributed by atoms with Gasteiger partial charge in [0.05, 0.1) is 42.7 Å². The van der Waals surface area contributed by atoms with Crippen LogP contribution >= 0.6 is 0 Å². The van der Waals surface area contributed by atoms with E-state index < -0.39 is 0 Å². The van der Waals surface area contributed by atoms with E-state index in [-0.39, 0.29) is 17.6 Å². The summed E-state index contributed by atoms with van der Waals surface area (Å²) >= 11 is 0. The number of ether oxygens (including phenoxy) is 2. The molecule has 4 fully saturated rings. The van der Waals surface area contributed by atoms with Gasteiger partial charge in [-0.05, 0) is 68.9 Å². The van der Waals surface area contributed by atoms with E-state index in [1.807, 2.05) is 18.2 Å². The van der Waals surface area contributed by atoms with Gasteiger partial charge in [0.1, 0.15) is 0 Å². The van der Waals surface area contributed by atoms with E-state index >= 15 is 0 Å². The van der Waals surface area contributed by atoms with E-state index in [0.717, 1.165) is 93.6 Å².